The second-order valence-corrected chi connectivity index (χ2v) is 6.30. The Morgan fingerprint density at radius 2 is 1.88 bits per heavy atom. The summed E-state index contributed by atoms with van der Waals surface area (Å²) < 4.78 is 1.63. The van der Waals surface area contributed by atoms with Gasteiger partial charge in [0.05, 0.1) is 11.4 Å². The predicted octanol–water partition coefficient (Wildman–Crippen LogP) is 3.01. The Balaban J connectivity index is 1.65. The largest absolute Gasteiger partial charge is 0.325 e. The Morgan fingerprint density at radius 3 is 2.62 bits per heavy atom. The molecule has 0 fully saturated rings. The Morgan fingerprint density at radius 1 is 1.12 bits per heavy atom. The number of nitrogens with one attached hydrogen (secondary N) is 1. The SMILES string of the molecule is Cc1ccc(-n2nnnc2SCC(=O)Nc2ccccc2C)cc1. The van der Waals surface area contributed by atoms with Gasteiger partial charge in [0.2, 0.25) is 11.1 Å². The Bertz CT molecular complexity index is 844. The molecule has 0 aliphatic heterocycles. The molecule has 7 heteroatoms. The molecular formula is C17H17N5OS. The fourth-order valence-corrected chi connectivity index (χ4v) is 2.84. The van der Waals surface area contributed by atoms with Gasteiger partial charge in [-0.1, -0.05) is 47.7 Å². The number of aromatic nitrogens is 4. The van der Waals surface area contributed by atoms with Crippen LogP contribution < -0.4 is 5.32 Å². The molecule has 122 valence electrons. The average molecular weight is 339 g/mol. The van der Waals surface area contributed by atoms with Gasteiger partial charge in [-0.25, -0.2) is 0 Å². The summed E-state index contributed by atoms with van der Waals surface area (Å²) in [6.45, 7) is 3.98. The molecule has 0 radical (unpaired) electrons. The van der Waals surface area contributed by atoms with Crippen molar-refractivity contribution in [2.75, 3.05) is 11.1 Å². The minimum atomic E-state index is -0.0900. The highest BCUT2D eigenvalue weighted by Crippen LogP contribution is 2.19. The number of hydrogen-bond donors (Lipinski definition) is 1. The fraction of sp³-hybridized carbons (Fsp3) is 0.176. The fourth-order valence-electron chi connectivity index (χ4n) is 2.15. The van der Waals surface area contributed by atoms with Gasteiger partial charge in [0.15, 0.2) is 0 Å². The van der Waals surface area contributed by atoms with Crippen molar-refractivity contribution in [1.29, 1.82) is 0 Å². The van der Waals surface area contributed by atoms with E-state index in [1.807, 2.05) is 62.4 Å². The lowest BCUT2D eigenvalue weighted by atomic mass is 10.2. The zero-order chi connectivity index (χ0) is 16.9. The smallest absolute Gasteiger partial charge is 0.234 e. The summed E-state index contributed by atoms with van der Waals surface area (Å²) in [5.74, 6) is 0.147. The molecule has 0 unspecified atom stereocenters. The number of para-hydroxylation sites is 1. The highest BCUT2D eigenvalue weighted by molar-refractivity contribution is 7.99. The highest BCUT2D eigenvalue weighted by Gasteiger charge is 2.12. The first kappa shape index (κ1) is 16.2. The van der Waals surface area contributed by atoms with Crippen LogP contribution in [0.5, 0.6) is 0 Å². The van der Waals surface area contributed by atoms with Gasteiger partial charge in [0.1, 0.15) is 0 Å². The first-order valence-corrected chi connectivity index (χ1v) is 8.46. The molecule has 0 spiro atoms. The summed E-state index contributed by atoms with van der Waals surface area (Å²) >= 11 is 1.30. The molecule has 0 saturated carbocycles. The van der Waals surface area contributed by atoms with Crippen molar-refractivity contribution < 1.29 is 4.79 Å². The number of aryl methyl sites for hydroxylation is 2. The first-order chi connectivity index (χ1) is 11.6. The van der Waals surface area contributed by atoms with E-state index in [2.05, 4.69) is 20.8 Å². The molecule has 0 bridgehead atoms. The molecule has 1 N–H and O–H groups in total. The Hall–Kier alpha value is -2.67. The van der Waals surface area contributed by atoms with Crippen molar-refractivity contribution in [2.24, 2.45) is 0 Å². The Labute approximate surface area is 144 Å². The van der Waals surface area contributed by atoms with Crippen molar-refractivity contribution in [3.05, 3.63) is 59.7 Å². The monoisotopic (exact) mass is 339 g/mol. The number of hydrogen-bond acceptors (Lipinski definition) is 5. The number of carbonyl (C=O) groups excluding carboxylic acids is 1. The van der Waals surface area contributed by atoms with Gasteiger partial charge in [-0.05, 0) is 48.0 Å². The van der Waals surface area contributed by atoms with E-state index in [0.717, 1.165) is 16.9 Å². The zero-order valence-electron chi connectivity index (χ0n) is 13.4. The third kappa shape index (κ3) is 3.80. The zero-order valence-corrected chi connectivity index (χ0v) is 14.2. The van der Waals surface area contributed by atoms with Gasteiger partial charge in [-0.2, -0.15) is 4.68 Å². The molecule has 1 aromatic heterocycles. The molecule has 3 aromatic rings. The minimum absolute atomic E-state index is 0.0900. The van der Waals surface area contributed by atoms with E-state index in [9.17, 15) is 4.79 Å². The normalized spacial score (nSPS) is 10.6. The van der Waals surface area contributed by atoms with Crippen LogP contribution in [0.4, 0.5) is 5.69 Å². The van der Waals surface area contributed by atoms with Crippen molar-refractivity contribution in [3.8, 4) is 5.69 Å². The lowest BCUT2D eigenvalue weighted by molar-refractivity contribution is -0.113. The van der Waals surface area contributed by atoms with Crippen LogP contribution in [0.2, 0.25) is 0 Å². The minimum Gasteiger partial charge on any atom is -0.325 e. The van der Waals surface area contributed by atoms with E-state index >= 15 is 0 Å². The number of amides is 1. The van der Waals surface area contributed by atoms with E-state index in [4.69, 9.17) is 0 Å². The number of benzene rings is 2. The van der Waals surface area contributed by atoms with Crippen LogP contribution in [0.1, 0.15) is 11.1 Å². The van der Waals surface area contributed by atoms with Crippen LogP contribution in [0.3, 0.4) is 0 Å². The summed E-state index contributed by atoms with van der Waals surface area (Å²) in [5, 5.41) is 15.2. The number of anilines is 1. The summed E-state index contributed by atoms with van der Waals surface area (Å²) in [4.78, 5) is 12.1. The number of thioether (sulfide) groups is 1. The van der Waals surface area contributed by atoms with Crippen molar-refractivity contribution >= 4 is 23.4 Å². The summed E-state index contributed by atoms with van der Waals surface area (Å²) in [5.41, 5.74) is 3.88. The summed E-state index contributed by atoms with van der Waals surface area (Å²) in [6, 6.07) is 15.6. The van der Waals surface area contributed by atoms with Crippen molar-refractivity contribution in [2.45, 2.75) is 19.0 Å². The van der Waals surface area contributed by atoms with Gasteiger partial charge in [-0.15, -0.1) is 5.10 Å². The third-order valence-corrected chi connectivity index (χ3v) is 4.39. The number of carbonyl (C=O) groups is 1. The van der Waals surface area contributed by atoms with Crippen LogP contribution in [0.15, 0.2) is 53.7 Å². The molecule has 1 amide bonds. The molecule has 0 atom stereocenters. The van der Waals surface area contributed by atoms with Gasteiger partial charge >= 0.3 is 0 Å². The van der Waals surface area contributed by atoms with Gasteiger partial charge in [-0.3, -0.25) is 4.79 Å². The van der Waals surface area contributed by atoms with E-state index < -0.39 is 0 Å². The van der Waals surface area contributed by atoms with Crippen LogP contribution in [-0.4, -0.2) is 31.9 Å². The molecule has 0 aliphatic carbocycles. The quantitative estimate of drug-likeness (QED) is 0.724. The summed E-state index contributed by atoms with van der Waals surface area (Å²) in [6.07, 6.45) is 0. The topological polar surface area (TPSA) is 72.7 Å². The second kappa shape index (κ2) is 7.27. The van der Waals surface area contributed by atoms with Crippen LogP contribution in [0.25, 0.3) is 5.69 Å². The van der Waals surface area contributed by atoms with Crippen LogP contribution in [-0.2, 0) is 4.79 Å². The lowest BCUT2D eigenvalue weighted by Crippen LogP contribution is -2.15. The van der Waals surface area contributed by atoms with Gasteiger partial charge < -0.3 is 5.32 Å². The molecule has 0 aliphatic rings. The summed E-state index contributed by atoms with van der Waals surface area (Å²) in [7, 11) is 0. The molecule has 24 heavy (non-hydrogen) atoms. The van der Waals surface area contributed by atoms with Crippen LogP contribution in [0, 0.1) is 13.8 Å². The Kier molecular flexibility index (Phi) is 4.90. The molecule has 1 heterocycles. The maximum atomic E-state index is 12.1. The molecule has 6 nitrogen and oxygen atoms in total. The third-order valence-electron chi connectivity index (χ3n) is 3.47. The van der Waals surface area contributed by atoms with Crippen molar-refractivity contribution in [3.63, 3.8) is 0 Å². The van der Waals surface area contributed by atoms with Gasteiger partial charge in [0.25, 0.3) is 0 Å². The predicted molar refractivity (Wildman–Crippen MR) is 94.4 cm³/mol. The highest BCUT2D eigenvalue weighted by atomic mass is 32.2. The number of rotatable bonds is 5. The maximum Gasteiger partial charge on any atom is 0.234 e. The molecular weight excluding hydrogens is 322 g/mol. The lowest BCUT2D eigenvalue weighted by Gasteiger charge is -2.08. The standard InChI is InChI=1S/C17H17N5OS/c1-12-7-9-14(10-8-12)22-17(19-20-21-22)24-11-16(23)18-15-6-4-3-5-13(15)2/h3-10H,11H2,1-2H3,(H,18,23). The average Bonchev–Trinajstić information content (AvgIpc) is 3.04. The van der Waals surface area contributed by atoms with E-state index in [0.29, 0.717) is 5.16 Å². The molecule has 0 saturated heterocycles. The van der Waals surface area contributed by atoms with E-state index in [-0.39, 0.29) is 11.7 Å². The van der Waals surface area contributed by atoms with Crippen LogP contribution >= 0.6 is 11.8 Å². The number of tetrazole rings is 1. The van der Waals surface area contributed by atoms with Crippen molar-refractivity contribution in [1.82, 2.24) is 20.2 Å². The van der Waals surface area contributed by atoms with E-state index in [1.54, 1.807) is 4.68 Å². The second-order valence-electron chi connectivity index (χ2n) is 5.36. The maximum absolute atomic E-state index is 12.1. The van der Waals surface area contributed by atoms with Gasteiger partial charge in [0, 0.05) is 5.69 Å². The molecule has 2 aromatic carbocycles. The number of nitrogens with zero attached hydrogens (tertiary/aromatic N) is 4. The van der Waals surface area contributed by atoms with E-state index in [1.165, 1.54) is 17.3 Å². The molecule has 3 rings (SSSR count). The first-order valence-electron chi connectivity index (χ1n) is 7.47.